The summed E-state index contributed by atoms with van der Waals surface area (Å²) in [5, 5.41) is 8.17. The van der Waals surface area contributed by atoms with Gasteiger partial charge >= 0.3 is 0 Å². The van der Waals surface area contributed by atoms with Gasteiger partial charge in [0.1, 0.15) is 13.2 Å². The van der Waals surface area contributed by atoms with Crippen molar-refractivity contribution in [3.63, 3.8) is 0 Å². The van der Waals surface area contributed by atoms with E-state index in [-0.39, 0.29) is 12.3 Å². The maximum Gasteiger partial charge on any atom is 0.226 e. The number of ether oxygens (including phenoxy) is 2. The second-order valence-corrected chi connectivity index (χ2v) is 7.18. The molecular formula is C23H21N3O4. The third-order valence-electron chi connectivity index (χ3n) is 5.12. The van der Waals surface area contributed by atoms with Gasteiger partial charge in [0.2, 0.25) is 5.91 Å². The minimum Gasteiger partial charge on any atom is -0.486 e. The van der Waals surface area contributed by atoms with Gasteiger partial charge in [0.25, 0.3) is 0 Å². The van der Waals surface area contributed by atoms with Crippen LogP contribution < -0.4 is 14.8 Å². The third kappa shape index (κ3) is 3.74. The summed E-state index contributed by atoms with van der Waals surface area (Å²) in [6.45, 7) is 1.64. The zero-order chi connectivity index (χ0) is 20.3. The number of H-pyrrole nitrogens is 1. The van der Waals surface area contributed by atoms with E-state index in [1.165, 1.54) is 10.9 Å². The molecule has 0 aliphatic carbocycles. The maximum absolute atomic E-state index is 12.3. The first-order valence-electron chi connectivity index (χ1n) is 9.93. The highest BCUT2D eigenvalue weighted by Gasteiger charge is 2.16. The number of aromatic amines is 1. The average Bonchev–Trinajstić information content (AvgIpc) is 3.41. The van der Waals surface area contributed by atoms with Gasteiger partial charge in [-0.1, -0.05) is 23.4 Å². The van der Waals surface area contributed by atoms with Gasteiger partial charge in [0.15, 0.2) is 17.3 Å². The molecule has 4 aromatic rings. The van der Waals surface area contributed by atoms with Crippen LogP contribution in [0, 0.1) is 0 Å². The number of amides is 1. The maximum atomic E-state index is 12.3. The summed E-state index contributed by atoms with van der Waals surface area (Å²) in [4.78, 5) is 15.6. The molecule has 0 atom stereocenters. The van der Waals surface area contributed by atoms with Crippen LogP contribution in [0.5, 0.6) is 11.5 Å². The molecule has 7 heteroatoms. The van der Waals surface area contributed by atoms with Crippen LogP contribution in [-0.2, 0) is 17.6 Å². The molecule has 7 nitrogen and oxygen atoms in total. The van der Waals surface area contributed by atoms with Crippen molar-refractivity contribution in [2.75, 3.05) is 19.8 Å². The zero-order valence-corrected chi connectivity index (χ0v) is 16.3. The summed E-state index contributed by atoms with van der Waals surface area (Å²) >= 11 is 0. The molecule has 1 amide bonds. The number of hydrogen-bond acceptors (Lipinski definition) is 5. The van der Waals surface area contributed by atoms with Crippen LogP contribution in [0.2, 0.25) is 0 Å². The molecular weight excluding hydrogens is 382 g/mol. The molecule has 30 heavy (non-hydrogen) atoms. The highest BCUT2D eigenvalue weighted by molar-refractivity contribution is 5.83. The van der Waals surface area contributed by atoms with Crippen LogP contribution in [0.15, 0.2) is 59.3 Å². The largest absolute Gasteiger partial charge is 0.486 e. The Kier molecular flexibility index (Phi) is 4.85. The predicted molar refractivity (Wildman–Crippen MR) is 112 cm³/mol. The molecule has 2 aromatic carbocycles. The Morgan fingerprint density at radius 2 is 1.93 bits per heavy atom. The first-order valence-corrected chi connectivity index (χ1v) is 9.93. The number of fused-ring (bicyclic) bond motifs is 2. The summed E-state index contributed by atoms with van der Waals surface area (Å²) in [7, 11) is 0. The van der Waals surface area contributed by atoms with Crippen molar-refractivity contribution in [1.29, 1.82) is 0 Å². The zero-order valence-electron chi connectivity index (χ0n) is 16.3. The van der Waals surface area contributed by atoms with Crippen molar-refractivity contribution >= 4 is 16.8 Å². The highest BCUT2D eigenvalue weighted by atomic mass is 16.6. The molecule has 0 radical (unpaired) electrons. The van der Waals surface area contributed by atoms with Crippen LogP contribution in [0.25, 0.3) is 22.2 Å². The molecule has 152 valence electrons. The molecule has 0 saturated carbocycles. The fourth-order valence-corrected chi connectivity index (χ4v) is 3.63. The van der Waals surface area contributed by atoms with E-state index in [2.05, 4.69) is 21.5 Å². The molecule has 2 N–H and O–H groups in total. The monoisotopic (exact) mass is 403 g/mol. The Hall–Kier alpha value is -3.74. The number of hydrogen-bond donors (Lipinski definition) is 2. The van der Waals surface area contributed by atoms with Gasteiger partial charge < -0.3 is 24.3 Å². The lowest BCUT2D eigenvalue weighted by Gasteiger charge is -2.18. The Morgan fingerprint density at radius 3 is 2.87 bits per heavy atom. The molecule has 0 bridgehead atoms. The van der Waals surface area contributed by atoms with Crippen LogP contribution in [0.3, 0.4) is 0 Å². The number of carbonyl (C=O) groups is 1. The van der Waals surface area contributed by atoms with Gasteiger partial charge in [0, 0.05) is 35.3 Å². The molecule has 1 aliphatic heterocycles. The van der Waals surface area contributed by atoms with E-state index in [0.717, 1.165) is 23.3 Å². The molecule has 0 fully saturated rings. The fraction of sp³-hybridized carbons (Fsp3) is 0.217. The lowest BCUT2D eigenvalue weighted by Crippen LogP contribution is -2.27. The normalized spacial score (nSPS) is 12.8. The first kappa shape index (κ1) is 18.3. The van der Waals surface area contributed by atoms with E-state index >= 15 is 0 Å². The number of nitrogens with one attached hydrogen (secondary N) is 2. The quantitative estimate of drug-likeness (QED) is 0.514. The van der Waals surface area contributed by atoms with Crippen LogP contribution in [0.4, 0.5) is 0 Å². The number of aromatic nitrogens is 2. The fourth-order valence-electron chi connectivity index (χ4n) is 3.63. The summed E-state index contributed by atoms with van der Waals surface area (Å²) in [5.41, 5.74) is 3.71. The van der Waals surface area contributed by atoms with Crippen molar-refractivity contribution in [3.8, 4) is 22.8 Å². The number of carbonyl (C=O) groups excluding carboxylic acids is 1. The van der Waals surface area contributed by atoms with Gasteiger partial charge in [-0.3, -0.25) is 4.79 Å². The predicted octanol–water partition coefficient (Wildman–Crippen LogP) is 3.50. The SMILES string of the molecule is O=C(Cc1cc(-c2ccc3c(c2)OCCO3)on1)NCCc1c[nH]c2ccccc12. The van der Waals surface area contributed by atoms with Gasteiger partial charge in [-0.25, -0.2) is 0 Å². The molecule has 1 aliphatic rings. The Bertz CT molecular complexity index is 1190. The summed E-state index contributed by atoms with van der Waals surface area (Å²) in [5.74, 6) is 1.91. The van der Waals surface area contributed by atoms with E-state index in [0.29, 0.717) is 37.0 Å². The lowest BCUT2D eigenvalue weighted by atomic mass is 10.1. The van der Waals surface area contributed by atoms with Gasteiger partial charge in [-0.05, 0) is 36.2 Å². The summed E-state index contributed by atoms with van der Waals surface area (Å²) in [6.07, 6.45) is 2.92. The van der Waals surface area contributed by atoms with E-state index in [4.69, 9.17) is 14.0 Å². The minimum atomic E-state index is -0.0862. The molecule has 0 spiro atoms. The minimum absolute atomic E-state index is 0.0862. The van der Waals surface area contributed by atoms with Gasteiger partial charge in [-0.2, -0.15) is 0 Å². The molecule has 0 saturated heterocycles. The topological polar surface area (TPSA) is 89.4 Å². The summed E-state index contributed by atoms with van der Waals surface area (Å²) in [6, 6.07) is 15.5. The number of rotatable bonds is 6. The standard InChI is InChI=1S/C23H21N3O4/c27-23(24-8-7-16-14-25-19-4-2-1-3-18(16)19)13-17-12-21(30-26-17)15-5-6-20-22(11-15)29-10-9-28-20/h1-6,11-12,14,25H,7-10,13H2,(H,24,27). The molecule has 2 aromatic heterocycles. The first-order chi connectivity index (χ1) is 14.8. The van der Waals surface area contributed by atoms with E-state index in [1.54, 1.807) is 6.07 Å². The van der Waals surface area contributed by atoms with E-state index in [9.17, 15) is 4.79 Å². The number of benzene rings is 2. The number of para-hydroxylation sites is 1. The van der Waals surface area contributed by atoms with Crippen molar-refractivity contribution in [2.24, 2.45) is 0 Å². The Balaban J connectivity index is 1.17. The Morgan fingerprint density at radius 1 is 1.07 bits per heavy atom. The third-order valence-corrected chi connectivity index (χ3v) is 5.12. The summed E-state index contributed by atoms with van der Waals surface area (Å²) < 4.78 is 16.6. The van der Waals surface area contributed by atoms with Crippen molar-refractivity contribution in [3.05, 3.63) is 66.0 Å². The van der Waals surface area contributed by atoms with Crippen molar-refractivity contribution in [2.45, 2.75) is 12.8 Å². The van der Waals surface area contributed by atoms with Gasteiger partial charge in [0.05, 0.1) is 12.1 Å². The smallest absolute Gasteiger partial charge is 0.226 e. The molecule has 5 rings (SSSR count). The lowest BCUT2D eigenvalue weighted by molar-refractivity contribution is -0.120. The van der Waals surface area contributed by atoms with E-state index < -0.39 is 0 Å². The highest BCUT2D eigenvalue weighted by Crippen LogP contribution is 2.34. The van der Waals surface area contributed by atoms with Crippen LogP contribution >= 0.6 is 0 Å². The molecule has 3 heterocycles. The van der Waals surface area contributed by atoms with Crippen LogP contribution in [-0.4, -0.2) is 35.8 Å². The average molecular weight is 403 g/mol. The number of nitrogens with zero attached hydrogens (tertiary/aromatic N) is 1. The van der Waals surface area contributed by atoms with Crippen molar-refractivity contribution in [1.82, 2.24) is 15.5 Å². The van der Waals surface area contributed by atoms with Crippen molar-refractivity contribution < 1.29 is 18.8 Å². The van der Waals surface area contributed by atoms with Gasteiger partial charge in [-0.15, -0.1) is 0 Å². The second kappa shape index (κ2) is 7.94. The van der Waals surface area contributed by atoms with E-state index in [1.807, 2.05) is 42.6 Å². The second-order valence-electron chi connectivity index (χ2n) is 7.18. The molecule has 0 unspecified atom stereocenters. The Labute approximate surface area is 173 Å². The van der Waals surface area contributed by atoms with Crippen LogP contribution in [0.1, 0.15) is 11.3 Å².